The average molecular weight is 267 g/mol. The lowest BCUT2D eigenvalue weighted by Gasteiger charge is -2.13. The molecule has 1 aliphatic carbocycles. The summed E-state index contributed by atoms with van der Waals surface area (Å²) in [6.07, 6.45) is 7.13. The number of aryl methyl sites for hydroxylation is 1. The number of carboxylic acids is 1. The molecule has 6 heteroatoms. The number of carbonyl (C=O) groups is 1. The minimum atomic E-state index is -0.790. The van der Waals surface area contributed by atoms with E-state index in [-0.39, 0.29) is 0 Å². The molecular weight excluding hydrogens is 246 g/mol. The Balaban J connectivity index is 1.78. The lowest BCUT2D eigenvalue weighted by molar-refractivity contribution is -0.139. The molecule has 1 atom stereocenters. The van der Waals surface area contributed by atoms with Gasteiger partial charge in [0, 0.05) is 12.6 Å². The van der Waals surface area contributed by atoms with Crippen LogP contribution in [0.1, 0.15) is 32.6 Å². The van der Waals surface area contributed by atoms with Gasteiger partial charge in [0.1, 0.15) is 6.04 Å². The molecule has 1 aromatic heterocycles. The molecule has 0 radical (unpaired) electrons. The highest BCUT2D eigenvalue weighted by molar-refractivity contribution is 5.73. The molecule has 0 aromatic carbocycles. The Morgan fingerprint density at radius 1 is 1.68 bits per heavy atom. The highest BCUT2D eigenvalue weighted by Gasteiger charge is 2.27. The minimum absolute atomic E-state index is 0.391. The minimum Gasteiger partial charge on any atom is -0.490 e. The summed E-state index contributed by atoms with van der Waals surface area (Å²) in [4.78, 5) is 11.1. The van der Waals surface area contributed by atoms with E-state index in [0.29, 0.717) is 25.6 Å². The van der Waals surface area contributed by atoms with Gasteiger partial charge in [-0.1, -0.05) is 6.92 Å². The van der Waals surface area contributed by atoms with Gasteiger partial charge >= 0.3 is 5.97 Å². The van der Waals surface area contributed by atoms with Crippen LogP contribution in [0, 0.1) is 0 Å². The first-order valence-electron chi connectivity index (χ1n) is 6.83. The number of aromatic nitrogens is 2. The molecule has 0 aliphatic heterocycles. The number of hydrogen-bond donors (Lipinski definition) is 2. The average Bonchev–Trinajstić information content (AvgIpc) is 3.09. The number of rotatable bonds is 9. The van der Waals surface area contributed by atoms with Crippen LogP contribution in [0.25, 0.3) is 0 Å². The normalized spacial score (nSPS) is 16.3. The topological polar surface area (TPSA) is 76.4 Å². The fourth-order valence-electron chi connectivity index (χ4n) is 1.84. The molecule has 0 spiro atoms. The van der Waals surface area contributed by atoms with Crippen molar-refractivity contribution in [2.45, 2.75) is 51.2 Å². The standard InChI is InChI=1S/C13H21N3O3/c1-2-7-19-11-8-14-16(9-11)6-5-12(13(17)18)15-10-3-4-10/h8-10,12,15H,2-7H2,1H3,(H,17,18). The Hall–Kier alpha value is -1.56. The summed E-state index contributed by atoms with van der Waals surface area (Å²) >= 11 is 0. The number of nitrogens with one attached hydrogen (secondary N) is 1. The van der Waals surface area contributed by atoms with Gasteiger partial charge in [-0.3, -0.25) is 9.48 Å². The van der Waals surface area contributed by atoms with E-state index in [1.165, 1.54) is 0 Å². The van der Waals surface area contributed by atoms with Gasteiger partial charge in [-0.2, -0.15) is 5.10 Å². The van der Waals surface area contributed by atoms with Crippen molar-refractivity contribution in [2.75, 3.05) is 6.61 Å². The zero-order valence-corrected chi connectivity index (χ0v) is 11.2. The molecule has 2 rings (SSSR count). The van der Waals surface area contributed by atoms with Gasteiger partial charge in [-0.15, -0.1) is 0 Å². The number of aliphatic carboxylic acids is 1. The largest absolute Gasteiger partial charge is 0.490 e. The Kier molecular flexibility index (Phi) is 4.79. The first-order chi connectivity index (χ1) is 9.19. The monoisotopic (exact) mass is 267 g/mol. The molecule has 1 aliphatic rings. The molecular formula is C13H21N3O3. The SMILES string of the molecule is CCCOc1cnn(CCC(NC2CC2)C(=O)O)c1. The lowest BCUT2D eigenvalue weighted by atomic mass is 10.2. The molecule has 1 fully saturated rings. The van der Waals surface area contributed by atoms with Crippen molar-refractivity contribution in [3.8, 4) is 5.75 Å². The molecule has 0 saturated heterocycles. The van der Waals surface area contributed by atoms with Crippen molar-refractivity contribution in [3.05, 3.63) is 12.4 Å². The summed E-state index contributed by atoms with van der Waals surface area (Å²) in [5.74, 6) is -0.0506. The zero-order valence-electron chi connectivity index (χ0n) is 11.2. The van der Waals surface area contributed by atoms with E-state index in [1.807, 2.05) is 13.1 Å². The number of carboxylic acid groups (broad SMARTS) is 1. The van der Waals surface area contributed by atoms with Crippen molar-refractivity contribution in [1.29, 1.82) is 0 Å². The summed E-state index contributed by atoms with van der Waals surface area (Å²) in [6.45, 7) is 3.30. The van der Waals surface area contributed by atoms with Crippen LogP contribution in [0.15, 0.2) is 12.4 Å². The van der Waals surface area contributed by atoms with E-state index in [4.69, 9.17) is 9.84 Å². The Labute approximate surface area is 112 Å². The third-order valence-corrected chi connectivity index (χ3v) is 3.04. The summed E-state index contributed by atoms with van der Waals surface area (Å²) in [5, 5.41) is 16.4. The predicted molar refractivity (Wildman–Crippen MR) is 70.2 cm³/mol. The van der Waals surface area contributed by atoms with Gasteiger partial charge in [-0.25, -0.2) is 0 Å². The second-order valence-corrected chi connectivity index (χ2v) is 4.91. The zero-order chi connectivity index (χ0) is 13.7. The summed E-state index contributed by atoms with van der Waals surface area (Å²) in [5.41, 5.74) is 0. The van der Waals surface area contributed by atoms with E-state index in [9.17, 15) is 4.79 Å². The van der Waals surface area contributed by atoms with Crippen LogP contribution < -0.4 is 10.1 Å². The number of nitrogens with zero attached hydrogens (tertiary/aromatic N) is 2. The molecule has 0 bridgehead atoms. The van der Waals surface area contributed by atoms with Gasteiger partial charge in [0.25, 0.3) is 0 Å². The maximum atomic E-state index is 11.1. The van der Waals surface area contributed by atoms with E-state index < -0.39 is 12.0 Å². The van der Waals surface area contributed by atoms with Crippen molar-refractivity contribution < 1.29 is 14.6 Å². The van der Waals surface area contributed by atoms with Gasteiger partial charge < -0.3 is 15.2 Å². The van der Waals surface area contributed by atoms with Crippen LogP contribution in [0.3, 0.4) is 0 Å². The molecule has 0 amide bonds. The van der Waals surface area contributed by atoms with Gasteiger partial charge in [0.05, 0.1) is 19.0 Å². The number of ether oxygens (including phenoxy) is 1. The van der Waals surface area contributed by atoms with Crippen molar-refractivity contribution in [1.82, 2.24) is 15.1 Å². The fourth-order valence-corrected chi connectivity index (χ4v) is 1.84. The van der Waals surface area contributed by atoms with Crippen LogP contribution >= 0.6 is 0 Å². The Morgan fingerprint density at radius 2 is 2.47 bits per heavy atom. The third-order valence-electron chi connectivity index (χ3n) is 3.04. The highest BCUT2D eigenvalue weighted by Crippen LogP contribution is 2.20. The quantitative estimate of drug-likeness (QED) is 0.704. The maximum Gasteiger partial charge on any atom is 0.320 e. The maximum absolute atomic E-state index is 11.1. The van der Waals surface area contributed by atoms with Gasteiger partial charge in [0.15, 0.2) is 5.75 Å². The number of hydrogen-bond acceptors (Lipinski definition) is 4. The molecule has 19 heavy (non-hydrogen) atoms. The van der Waals surface area contributed by atoms with Crippen LogP contribution in [-0.4, -0.2) is 39.5 Å². The summed E-state index contributed by atoms with van der Waals surface area (Å²) in [7, 11) is 0. The molecule has 1 saturated carbocycles. The van der Waals surface area contributed by atoms with Gasteiger partial charge in [-0.05, 0) is 25.7 Å². The van der Waals surface area contributed by atoms with E-state index in [1.54, 1.807) is 10.9 Å². The van der Waals surface area contributed by atoms with Crippen molar-refractivity contribution in [3.63, 3.8) is 0 Å². The fraction of sp³-hybridized carbons (Fsp3) is 0.692. The van der Waals surface area contributed by atoms with Crippen LogP contribution in [0.5, 0.6) is 5.75 Å². The van der Waals surface area contributed by atoms with Crippen LogP contribution in [0.2, 0.25) is 0 Å². The molecule has 1 unspecified atom stereocenters. The lowest BCUT2D eigenvalue weighted by Crippen LogP contribution is -2.38. The molecule has 1 aromatic rings. The molecule has 6 nitrogen and oxygen atoms in total. The first kappa shape index (κ1) is 13.9. The predicted octanol–water partition coefficient (Wildman–Crippen LogP) is 1.27. The third kappa shape index (κ3) is 4.55. The van der Waals surface area contributed by atoms with Gasteiger partial charge in [0.2, 0.25) is 0 Å². The van der Waals surface area contributed by atoms with E-state index in [0.717, 1.165) is 25.0 Å². The van der Waals surface area contributed by atoms with E-state index in [2.05, 4.69) is 10.4 Å². The summed E-state index contributed by atoms with van der Waals surface area (Å²) < 4.78 is 7.18. The molecule has 1 heterocycles. The van der Waals surface area contributed by atoms with Crippen molar-refractivity contribution >= 4 is 5.97 Å². The molecule has 106 valence electrons. The molecule has 2 N–H and O–H groups in total. The second-order valence-electron chi connectivity index (χ2n) is 4.91. The Morgan fingerprint density at radius 3 is 3.11 bits per heavy atom. The van der Waals surface area contributed by atoms with Crippen LogP contribution in [0.4, 0.5) is 0 Å². The van der Waals surface area contributed by atoms with Crippen molar-refractivity contribution in [2.24, 2.45) is 0 Å². The Bertz CT molecular complexity index is 415. The van der Waals surface area contributed by atoms with Crippen LogP contribution in [-0.2, 0) is 11.3 Å². The smallest absolute Gasteiger partial charge is 0.320 e. The first-order valence-corrected chi connectivity index (χ1v) is 6.83. The second kappa shape index (κ2) is 6.56. The highest BCUT2D eigenvalue weighted by atomic mass is 16.5. The summed E-state index contributed by atoms with van der Waals surface area (Å²) in [6, 6.07) is -0.0983. The van der Waals surface area contributed by atoms with E-state index >= 15 is 0 Å².